The maximum atomic E-state index is 14.4. The lowest BCUT2D eigenvalue weighted by molar-refractivity contribution is -0.0305. The number of amides is 1. The van der Waals surface area contributed by atoms with Crippen LogP contribution in [0.5, 0.6) is 0 Å². The standard InChI is InChI=1S/C30H38FN7O3/c1-29(2,40)27(31)19-34-28(39)23-18-33-25(26-5-4-22-14-20(16-32)17-35-38(22)26)15-24(23)36-21-6-8-30(3,9-7-21)37-10-12-41-13-11-37/h4-5,14-15,17-18,21,27,40H,6-13,19H2,1-3H3,(H,33,36)(H,34,39)/t21?,27-,30?/m1/s1. The Bertz CT molecular complexity index is 1430. The Hall–Kier alpha value is -3.59. The second-order valence-electron chi connectivity index (χ2n) is 11.9. The van der Waals surface area contributed by atoms with Crippen molar-refractivity contribution in [3.63, 3.8) is 0 Å². The van der Waals surface area contributed by atoms with Gasteiger partial charge >= 0.3 is 0 Å². The zero-order valence-corrected chi connectivity index (χ0v) is 23.9. The molecule has 1 atom stereocenters. The first-order chi connectivity index (χ1) is 19.6. The van der Waals surface area contributed by atoms with Crippen LogP contribution < -0.4 is 10.6 Å². The minimum atomic E-state index is -1.62. The minimum absolute atomic E-state index is 0.123. The van der Waals surface area contributed by atoms with Gasteiger partial charge in [-0.3, -0.25) is 14.7 Å². The lowest BCUT2D eigenvalue weighted by atomic mass is 9.79. The molecule has 0 bridgehead atoms. The molecule has 2 aliphatic rings. The Morgan fingerprint density at radius 3 is 2.68 bits per heavy atom. The van der Waals surface area contributed by atoms with Crippen molar-refractivity contribution in [1.82, 2.24) is 24.8 Å². The largest absolute Gasteiger partial charge is 0.387 e. The number of morpholine rings is 1. The third-order valence-corrected chi connectivity index (χ3v) is 8.45. The summed E-state index contributed by atoms with van der Waals surface area (Å²) in [6, 6.07) is 9.57. The summed E-state index contributed by atoms with van der Waals surface area (Å²) in [6.07, 6.45) is 5.29. The first-order valence-corrected chi connectivity index (χ1v) is 14.2. The molecule has 0 unspecified atom stereocenters. The van der Waals surface area contributed by atoms with Crippen LogP contribution in [0.4, 0.5) is 10.1 Å². The molecule has 41 heavy (non-hydrogen) atoms. The highest BCUT2D eigenvalue weighted by atomic mass is 19.1. The molecule has 1 aliphatic heterocycles. The summed E-state index contributed by atoms with van der Waals surface area (Å²) < 4.78 is 21.7. The average molecular weight is 564 g/mol. The van der Waals surface area contributed by atoms with Crippen molar-refractivity contribution in [3.05, 3.63) is 47.8 Å². The summed E-state index contributed by atoms with van der Waals surface area (Å²) in [4.78, 5) is 20.3. The van der Waals surface area contributed by atoms with Crippen LogP contribution in [0.15, 0.2) is 36.7 Å². The van der Waals surface area contributed by atoms with Crippen molar-refractivity contribution < 1.29 is 19.0 Å². The summed E-state index contributed by atoms with van der Waals surface area (Å²) in [7, 11) is 0. The molecule has 1 saturated carbocycles. The Morgan fingerprint density at radius 1 is 1.27 bits per heavy atom. The number of aromatic nitrogens is 3. The zero-order chi connectivity index (χ0) is 29.2. The number of rotatable bonds is 8. The molecule has 10 nitrogen and oxygen atoms in total. The van der Waals surface area contributed by atoms with Gasteiger partial charge in [0, 0.05) is 30.9 Å². The first kappa shape index (κ1) is 28.9. The van der Waals surface area contributed by atoms with E-state index in [-0.39, 0.29) is 18.1 Å². The van der Waals surface area contributed by atoms with E-state index >= 15 is 0 Å². The van der Waals surface area contributed by atoms with Gasteiger partial charge in [0.25, 0.3) is 5.91 Å². The van der Waals surface area contributed by atoms with Crippen LogP contribution >= 0.6 is 0 Å². The Kier molecular flexibility index (Phi) is 8.27. The molecular weight excluding hydrogens is 525 g/mol. The maximum Gasteiger partial charge on any atom is 0.255 e. The Balaban J connectivity index is 1.39. The predicted molar refractivity (Wildman–Crippen MR) is 153 cm³/mol. The van der Waals surface area contributed by atoms with E-state index in [0.717, 1.165) is 57.5 Å². The number of fused-ring (bicyclic) bond motifs is 1. The van der Waals surface area contributed by atoms with Crippen LogP contribution in [0.3, 0.4) is 0 Å². The number of aliphatic hydroxyl groups is 1. The van der Waals surface area contributed by atoms with Crippen molar-refractivity contribution in [2.24, 2.45) is 0 Å². The number of hydrogen-bond donors (Lipinski definition) is 3. The van der Waals surface area contributed by atoms with Gasteiger partial charge in [-0.25, -0.2) is 8.91 Å². The normalized spacial score (nSPS) is 22.7. The smallest absolute Gasteiger partial charge is 0.255 e. The van der Waals surface area contributed by atoms with Crippen LogP contribution in [0, 0.1) is 11.3 Å². The molecule has 3 N–H and O–H groups in total. The molecule has 0 aromatic carbocycles. The number of pyridine rings is 1. The van der Waals surface area contributed by atoms with Gasteiger partial charge in [-0.2, -0.15) is 10.4 Å². The topological polar surface area (TPSA) is 128 Å². The molecule has 2 fully saturated rings. The second kappa shape index (κ2) is 11.7. The number of anilines is 1. The Labute approximate surface area is 239 Å². The SMILES string of the molecule is CC(C)(O)[C@H](F)CNC(=O)c1cnc(-c2ccc3cc(C#N)cnn23)cc1NC1CCC(C)(N2CCOCC2)CC1. The molecule has 5 rings (SSSR count). The van der Waals surface area contributed by atoms with Gasteiger partial charge in [0.15, 0.2) is 0 Å². The molecule has 218 valence electrons. The van der Waals surface area contributed by atoms with Gasteiger partial charge < -0.3 is 20.5 Å². The number of ether oxygens (including phenoxy) is 1. The van der Waals surface area contributed by atoms with E-state index in [1.54, 1.807) is 10.6 Å². The number of halogens is 1. The van der Waals surface area contributed by atoms with Gasteiger partial charge in [-0.15, -0.1) is 0 Å². The van der Waals surface area contributed by atoms with Crippen molar-refractivity contribution in [2.75, 3.05) is 38.2 Å². The summed E-state index contributed by atoms with van der Waals surface area (Å²) >= 11 is 0. The van der Waals surface area contributed by atoms with E-state index in [0.29, 0.717) is 28.2 Å². The van der Waals surface area contributed by atoms with Crippen molar-refractivity contribution in [1.29, 1.82) is 5.26 Å². The summed E-state index contributed by atoms with van der Waals surface area (Å²) in [5.41, 5.74) is 2.01. The van der Waals surface area contributed by atoms with Crippen molar-refractivity contribution >= 4 is 17.1 Å². The molecule has 4 heterocycles. The van der Waals surface area contributed by atoms with Crippen LogP contribution in [-0.4, -0.2) is 86.7 Å². The number of hydrogen-bond acceptors (Lipinski definition) is 8. The monoisotopic (exact) mass is 563 g/mol. The Morgan fingerprint density at radius 2 is 2.00 bits per heavy atom. The highest BCUT2D eigenvalue weighted by Crippen LogP contribution is 2.36. The van der Waals surface area contributed by atoms with Crippen LogP contribution in [0.25, 0.3) is 16.9 Å². The molecular formula is C30H38FN7O3. The fourth-order valence-electron chi connectivity index (χ4n) is 5.70. The fraction of sp³-hybridized carbons (Fsp3) is 0.533. The molecule has 11 heteroatoms. The molecule has 0 radical (unpaired) electrons. The van der Waals surface area contributed by atoms with Crippen LogP contribution in [0.2, 0.25) is 0 Å². The first-order valence-electron chi connectivity index (χ1n) is 14.2. The van der Waals surface area contributed by atoms with Crippen LogP contribution in [-0.2, 0) is 4.74 Å². The van der Waals surface area contributed by atoms with Gasteiger partial charge in [0.2, 0.25) is 0 Å². The van der Waals surface area contributed by atoms with E-state index in [9.17, 15) is 19.6 Å². The molecule has 1 aliphatic carbocycles. The number of nitriles is 1. The minimum Gasteiger partial charge on any atom is -0.387 e. The third-order valence-electron chi connectivity index (χ3n) is 8.45. The van der Waals surface area contributed by atoms with Crippen molar-refractivity contribution in [2.45, 2.75) is 69.8 Å². The lowest BCUT2D eigenvalue weighted by Crippen LogP contribution is -2.54. The van der Waals surface area contributed by atoms with Crippen LogP contribution in [0.1, 0.15) is 62.4 Å². The highest BCUT2D eigenvalue weighted by Gasteiger charge is 2.37. The quantitative estimate of drug-likeness (QED) is 0.380. The van der Waals surface area contributed by atoms with E-state index in [1.165, 1.54) is 26.2 Å². The number of carbonyl (C=O) groups excluding carboxylic acids is 1. The number of nitrogens with zero attached hydrogens (tertiary/aromatic N) is 5. The number of carbonyl (C=O) groups is 1. The molecule has 1 amide bonds. The van der Waals surface area contributed by atoms with Gasteiger partial charge in [-0.05, 0) is 70.7 Å². The van der Waals surface area contributed by atoms with Gasteiger partial charge in [0.05, 0.1) is 65.3 Å². The number of nitrogens with one attached hydrogen (secondary N) is 2. The van der Waals surface area contributed by atoms with E-state index in [2.05, 4.69) is 38.6 Å². The maximum absolute atomic E-state index is 14.4. The summed E-state index contributed by atoms with van der Waals surface area (Å²) in [6.45, 7) is 8.18. The molecule has 1 saturated heterocycles. The zero-order valence-electron chi connectivity index (χ0n) is 23.9. The number of alkyl halides is 1. The van der Waals surface area contributed by atoms with E-state index in [4.69, 9.17) is 4.74 Å². The lowest BCUT2D eigenvalue weighted by Gasteiger charge is -2.47. The van der Waals surface area contributed by atoms with Gasteiger partial charge in [0.1, 0.15) is 12.2 Å². The summed E-state index contributed by atoms with van der Waals surface area (Å²) in [5, 5.41) is 29.8. The van der Waals surface area contributed by atoms with E-state index in [1.807, 2.05) is 18.2 Å². The molecule has 0 spiro atoms. The summed E-state index contributed by atoms with van der Waals surface area (Å²) in [5.74, 6) is -0.468. The van der Waals surface area contributed by atoms with Crippen molar-refractivity contribution in [3.8, 4) is 17.5 Å². The average Bonchev–Trinajstić information content (AvgIpc) is 3.40. The molecule has 3 aromatic heterocycles. The predicted octanol–water partition coefficient (Wildman–Crippen LogP) is 3.55. The second-order valence-corrected chi connectivity index (χ2v) is 11.9. The van der Waals surface area contributed by atoms with E-state index < -0.39 is 17.7 Å². The van der Waals surface area contributed by atoms with Gasteiger partial charge in [-0.1, -0.05) is 0 Å². The highest BCUT2D eigenvalue weighted by molar-refractivity contribution is 6.00. The third kappa shape index (κ3) is 6.35. The molecule has 3 aromatic rings. The fourth-order valence-corrected chi connectivity index (χ4v) is 5.70.